The Kier molecular flexibility index (Phi) is 5.20. The van der Waals surface area contributed by atoms with Crippen molar-refractivity contribution < 1.29 is 13.9 Å². The summed E-state index contributed by atoms with van der Waals surface area (Å²) in [5.74, 6) is -0.987. The second-order valence-corrected chi connectivity index (χ2v) is 5.52. The Morgan fingerprint density at radius 2 is 2.05 bits per heavy atom. The van der Waals surface area contributed by atoms with Gasteiger partial charge in [0.1, 0.15) is 5.82 Å². The monoisotopic (exact) mass is 371 g/mol. The van der Waals surface area contributed by atoms with E-state index in [1.165, 1.54) is 19.2 Å². The summed E-state index contributed by atoms with van der Waals surface area (Å²) in [5.41, 5.74) is 1.01. The number of ether oxygens (including phenoxy) is 1. The van der Waals surface area contributed by atoms with Crippen LogP contribution in [0.2, 0.25) is 5.02 Å². The molecule has 0 radical (unpaired) electrons. The first kappa shape index (κ1) is 15.8. The molecule has 0 saturated carbocycles. The molecule has 1 N–H and O–H groups in total. The van der Waals surface area contributed by atoms with Crippen molar-refractivity contribution in [3.05, 3.63) is 63.3 Å². The molecule has 1 unspecified atom stereocenters. The van der Waals surface area contributed by atoms with E-state index in [2.05, 4.69) is 21.2 Å². The van der Waals surface area contributed by atoms with Gasteiger partial charge in [-0.3, -0.25) is 0 Å². The highest BCUT2D eigenvalue weighted by atomic mass is 79.9. The van der Waals surface area contributed by atoms with E-state index in [0.29, 0.717) is 20.7 Å². The van der Waals surface area contributed by atoms with Crippen molar-refractivity contribution in [2.45, 2.75) is 6.04 Å². The second-order valence-electron chi connectivity index (χ2n) is 4.25. The Morgan fingerprint density at radius 3 is 2.67 bits per heavy atom. The normalized spacial score (nSPS) is 11.8. The SMILES string of the molecule is COC(=O)C(Nc1ccccc1Cl)c1ccc(Br)c(F)c1. The lowest BCUT2D eigenvalue weighted by Crippen LogP contribution is -2.22. The molecule has 2 rings (SSSR count). The zero-order valence-electron chi connectivity index (χ0n) is 11.1. The summed E-state index contributed by atoms with van der Waals surface area (Å²) in [6.07, 6.45) is 0. The van der Waals surface area contributed by atoms with Crippen LogP contribution in [0, 0.1) is 5.82 Å². The summed E-state index contributed by atoms with van der Waals surface area (Å²) in [6.45, 7) is 0. The van der Waals surface area contributed by atoms with Gasteiger partial charge in [0.25, 0.3) is 0 Å². The van der Waals surface area contributed by atoms with Gasteiger partial charge in [-0.05, 0) is 45.8 Å². The third-order valence-electron chi connectivity index (χ3n) is 2.89. The van der Waals surface area contributed by atoms with Crippen LogP contribution in [0.4, 0.5) is 10.1 Å². The Labute approximate surface area is 135 Å². The lowest BCUT2D eigenvalue weighted by atomic mass is 10.1. The van der Waals surface area contributed by atoms with Gasteiger partial charge in [0.2, 0.25) is 0 Å². The molecule has 0 saturated heterocycles. The third-order valence-corrected chi connectivity index (χ3v) is 3.86. The predicted molar refractivity (Wildman–Crippen MR) is 83.9 cm³/mol. The number of halogens is 3. The molecule has 0 aromatic heterocycles. The average molecular weight is 373 g/mol. The van der Waals surface area contributed by atoms with E-state index in [1.807, 2.05) is 0 Å². The maximum absolute atomic E-state index is 13.7. The minimum Gasteiger partial charge on any atom is -0.467 e. The molecule has 21 heavy (non-hydrogen) atoms. The van der Waals surface area contributed by atoms with Gasteiger partial charge in [-0.1, -0.05) is 29.8 Å². The fourth-order valence-corrected chi connectivity index (χ4v) is 2.26. The summed E-state index contributed by atoms with van der Waals surface area (Å²) in [7, 11) is 1.28. The smallest absolute Gasteiger partial charge is 0.332 e. The van der Waals surface area contributed by atoms with Gasteiger partial charge in [-0.25, -0.2) is 9.18 Å². The van der Waals surface area contributed by atoms with Gasteiger partial charge in [-0.15, -0.1) is 0 Å². The van der Waals surface area contributed by atoms with Crippen molar-refractivity contribution in [3.8, 4) is 0 Å². The number of hydrogen-bond acceptors (Lipinski definition) is 3. The van der Waals surface area contributed by atoms with E-state index in [1.54, 1.807) is 30.3 Å². The molecule has 0 bridgehead atoms. The molecule has 0 heterocycles. The average Bonchev–Trinajstić information content (AvgIpc) is 2.48. The molecule has 2 aromatic carbocycles. The second kappa shape index (κ2) is 6.91. The zero-order valence-corrected chi connectivity index (χ0v) is 13.4. The maximum atomic E-state index is 13.7. The molecular weight excluding hydrogens is 361 g/mol. The van der Waals surface area contributed by atoms with Crippen molar-refractivity contribution >= 4 is 39.2 Å². The minimum atomic E-state index is -0.850. The highest BCUT2D eigenvalue weighted by Crippen LogP contribution is 2.28. The van der Waals surface area contributed by atoms with Gasteiger partial charge in [0.15, 0.2) is 6.04 Å². The lowest BCUT2D eigenvalue weighted by Gasteiger charge is -2.19. The molecule has 1 atom stereocenters. The van der Waals surface area contributed by atoms with Crippen molar-refractivity contribution in [3.63, 3.8) is 0 Å². The molecule has 0 aliphatic carbocycles. The quantitative estimate of drug-likeness (QED) is 0.799. The number of para-hydroxylation sites is 1. The molecule has 0 fully saturated rings. The van der Waals surface area contributed by atoms with Gasteiger partial charge in [0.05, 0.1) is 22.3 Å². The number of rotatable bonds is 4. The fraction of sp³-hybridized carbons (Fsp3) is 0.133. The summed E-state index contributed by atoms with van der Waals surface area (Å²) < 4.78 is 18.8. The first-order chi connectivity index (χ1) is 10.0. The number of carbonyl (C=O) groups is 1. The van der Waals surface area contributed by atoms with E-state index in [4.69, 9.17) is 16.3 Å². The van der Waals surface area contributed by atoms with E-state index < -0.39 is 17.8 Å². The molecule has 0 amide bonds. The minimum absolute atomic E-state index is 0.326. The van der Waals surface area contributed by atoms with Crippen molar-refractivity contribution in [2.24, 2.45) is 0 Å². The van der Waals surface area contributed by atoms with Crippen LogP contribution < -0.4 is 5.32 Å². The summed E-state index contributed by atoms with van der Waals surface area (Å²) in [5, 5.41) is 3.43. The van der Waals surface area contributed by atoms with Crippen LogP contribution in [-0.4, -0.2) is 13.1 Å². The van der Waals surface area contributed by atoms with Crippen molar-refractivity contribution in [1.29, 1.82) is 0 Å². The third kappa shape index (κ3) is 3.74. The zero-order chi connectivity index (χ0) is 15.4. The first-order valence-corrected chi connectivity index (χ1v) is 7.24. The molecule has 2 aromatic rings. The topological polar surface area (TPSA) is 38.3 Å². The molecule has 0 aliphatic rings. The number of esters is 1. The largest absolute Gasteiger partial charge is 0.467 e. The lowest BCUT2D eigenvalue weighted by molar-refractivity contribution is -0.141. The van der Waals surface area contributed by atoms with Crippen molar-refractivity contribution in [1.82, 2.24) is 0 Å². The highest BCUT2D eigenvalue weighted by molar-refractivity contribution is 9.10. The Balaban J connectivity index is 2.37. The van der Waals surface area contributed by atoms with E-state index in [0.717, 1.165) is 0 Å². The number of benzene rings is 2. The van der Waals surface area contributed by atoms with Crippen molar-refractivity contribution in [2.75, 3.05) is 12.4 Å². The maximum Gasteiger partial charge on any atom is 0.332 e. The Bertz CT molecular complexity index is 666. The van der Waals surface area contributed by atoms with Gasteiger partial charge < -0.3 is 10.1 Å². The van der Waals surface area contributed by atoms with Crippen LogP contribution in [0.25, 0.3) is 0 Å². The predicted octanol–water partition coefficient (Wildman–Crippen LogP) is 4.57. The molecular formula is C15H12BrClFNO2. The van der Waals surface area contributed by atoms with E-state index in [9.17, 15) is 9.18 Å². The van der Waals surface area contributed by atoms with Crippen LogP contribution in [0.3, 0.4) is 0 Å². The van der Waals surface area contributed by atoms with E-state index in [-0.39, 0.29) is 0 Å². The van der Waals surface area contributed by atoms with Gasteiger partial charge in [0, 0.05) is 0 Å². The summed E-state index contributed by atoms with van der Waals surface area (Å²) in [6, 6.07) is 10.6. The number of methoxy groups -OCH3 is 1. The molecule has 0 spiro atoms. The standard InChI is InChI=1S/C15H12BrClFNO2/c1-21-15(20)14(9-6-7-10(16)12(18)8-9)19-13-5-3-2-4-11(13)17/h2-8,14,19H,1H3. The molecule has 6 heteroatoms. The molecule has 3 nitrogen and oxygen atoms in total. The Hall–Kier alpha value is -1.59. The van der Waals surface area contributed by atoms with E-state index >= 15 is 0 Å². The van der Waals surface area contributed by atoms with Gasteiger partial charge >= 0.3 is 5.97 Å². The number of hydrogen-bond donors (Lipinski definition) is 1. The fourth-order valence-electron chi connectivity index (χ4n) is 1.82. The number of nitrogens with one attached hydrogen (secondary N) is 1. The summed E-state index contributed by atoms with van der Waals surface area (Å²) >= 11 is 9.14. The number of anilines is 1. The van der Waals surface area contributed by atoms with Crippen LogP contribution >= 0.6 is 27.5 Å². The number of carbonyl (C=O) groups excluding carboxylic acids is 1. The summed E-state index contributed by atoms with van der Waals surface area (Å²) in [4.78, 5) is 12.0. The van der Waals surface area contributed by atoms with Crippen LogP contribution in [-0.2, 0) is 9.53 Å². The van der Waals surface area contributed by atoms with Gasteiger partial charge in [-0.2, -0.15) is 0 Å². The highest BCUT2D eigenvalue weighted by Gasteiger charge is 2.23. The molecule has 0 aliphatic heterocycles. The Morgan fingerprint density at radius 1 is 1.33 bits per heavy atom. The van der Waals surface area contributed by atoms with Crippen LogP contribution in [0.1, 0.15) is 11.6 Å². The molecule has 110 valence electrons. The van der Waals surface area contributed by atoms with Crippen LogP contribution in [0.15, 0.2) is 46.9 Å². The first-order valence-electron chi connectivity index (χ1n) is 6.06. The van der Waals surface area contributed by atoms with Crippen LogP contribution in [0.5, 0.6) is 0 Å².